The molecule has 0 aliphatic carbocycles. The zero-order valence-corrected chi connectivity index (χ0v) is 10.6. The molecule has 0 saturated carbocycles. The number of nitrogens with two attached hydrogens (primary N) is 1. The summed E-state index contributed by atoms with van der Waals surface area (Å²) in [7, 11) is 0. The quantitative estimate of drug-likeness (QED) is 0.913. The molecule has 0 atom stereocenters. The first-order valence-corrected chi connectivity index (χ1v) is 5.59. The van der Waals surface area contributed by atoms with Crippen LogP contribution in [0.25, 0.3) is 0 Å². The summed E-state index contributed by atoms with van der Waals surface area (Å²) in [6.45, 7) is 0. The number of ether oxygens (including phenoxy) is 1. The maximum atomic E-state index is 5.91. The highest BCUT2D eigenvalue weighted by Crippen LogP contribution is 2.32. The lowest BCUT2D eigenvalue weighted by Crippen LogP contribution is -1.96. The first kappa shape index (κ1) is 12.2. The molecule has 0 saturated heterocycles. The molecule has 0 spiro atoms. The van der Waals surface area contributed by atoms with Gasteiger partial charge in [-0.1, -0.05) is 34.8 Å². The molecule has 2 rings (SSSR count). The van der Waals surface area contributed by atoms with Crippen molar-refractivity contribution in [2.75, 3.05) is 5.73 Å². The predicted octanol–water partition coefficient (Wildman–Crippen LogP) is 3.81. The number of rotatable bonds is 2. The number of pyridine rings is 2. The van der Waals surface area contributed by atoms with Crippen molar-refractivity contribution >= 4 is 40.6 Å². The summed E-state index contributed by atoms with van der Waals surface area (Å²) in [6, 6.07) is 3.04. The number of nitrogen functional groups attached to an aromatic ring is 1. The number of halogens is 3. The second-order valence-corrected chi connectivity index (χ2v) is 4.33. The molecule has 0 fully saturated rings. The van der Waals surface area contributed by atoms with E-state index in [4.69, 9.17) is 45.3 Å². The number of nitrogens with zero attached hydrogens (tertiary/aromatic N) is 2. The van der Waals surface area contributed by atoms with Crippen LogP contribution in [0.4, 0.5) is 5.82 Å². The van der Waals surface area contributed by atoms with Gasteiger partial charge in [-0.25, -0.2) is 0 Å². The Morgan fingerprint density at radius 1 is 1.06 bits per heavy atom. The smallest absolute Gasteiger partial charge is 0.240 e. The molecule has 0 aromatic carbocycles. The van der Waals surface area contributed by atoms with Gasteiger partial charge in [0.2, 0.25) is 5.88 Å². The summed E-state index contributed by atoms with van der Waals surface area (Å²) >= 11 is 17.4. The summed E-state index contributed by atoms with van der Waals surface area (Å²) < 4.78 is 5.40. The lowest BCUT2D eigenvalue weighted by molar-refractivity contribution is 0.462. The van der Waals surface area contributed by atoms with Crippen molar-refractivity contribution in [2.24, 2.45) is 0 Å². The molecule has 2 aromatic rings. The second kappa shape index (κ2) is 4.96. The average molecular weight is 291 g/mol. The molecule has 88 valence electrons. The van der Waals surface area contributed by atoms with Crippen LogP contribution >= 0.6 is 34.8 Å². The third-order valence-corrected chi connectivity index (χ3v) is 2.60. The van der Waals surface area contributed by atoms with Crippen LogP contribution in [0.2, 0.25) is 15.1 Å². The Hall–Kier alpha value is -1.23. The van der Waals surface area contributed by atoms with Gasteiger partial charge in [0.25, 0.3) is 0 Å². The monoisotopic (exact) mass is 289 g/mol. The van der Waals surface area contributed by atoms with E-state index < -0.39 is 0 Å². The van der Waals surface area contributed by atoms with Gasteiger partial charge < -0.3 is 10.5 Å². The largest absolute Gasteiger partial charge is 0.436 e. The first-order valence-electron chi connectivity index (χ1n) is 4.46. The van der Waals surface area contributed by atoms with Crippen LogP contribution in [0, 0.1) is 0 Å². The van der Waals surface area contributed by atoms with E-state index in [9.17, 15) is 0 Å². The van der Waals surface area contributed by atoms with E-state index in [0.717, 1.165) is 0 Å². The fraction of sp³-hybridized carbons (Fsp3) is 0. The van der Waals surface area contributed by atoms with Gasteiger partial charge in [-0.05, 0) is 6.07 Å². The molecule has 0 bridgehead atoms. The molecule has 0 radical (unpaired) electrons. The second-order valence-electron chi connectivity index (χ2n) is 3.08. The summed E-state index contributed by atoms with van der Waals surface area (Å²) in [6.07, 6.45) is 2.97. The number of hydrogen-bond donors (Lipinski definition) is 1. The highest BCUT2D eigenvalue weighted by molar-refractivity contribution is 6.36. The van der Waals surface area contributed by atoms with E-state index in [1.54, 1.807) is 6.07 Å². The molecule has 17 heavy (non-hydrogen) atoms. The minimum Gasteiger partial charge on any atom is -0.436 e. The standard InChI is InChI=1S/C10H6Cl3N3O/c11-5-1-6(4-15-3-5)17-10-8(13)2-7(12)9(14)16-10/h1-4H,(H2,14,16). The average Bonchev–Trinajstić information content (AvgIpc) is 2.26. The van der Waals surface area contributed by atoms with E-state index in [1.807, 2.05) is 0 Å². The van der Waals surface area contributed by atoms with Gasteiger partial charge in [-0.15, -0.1) is 0 Å². The molecule has 2 heterocycles. The first-order chi connectivity index (χ1) is 8.06. The van der Waals surface area contributed by atoms with Crippen LogP contribution in [0.15, 0.2) is 24.5 Å². The van der Waals surface area contributed by atoms with Crippen molar-refractivity contribution < 1.29 is 4.74 Å². The molecule has 4 nitrogen and oxygen atoms in total. The van der Waals surface area contributed by atoms with E-state index in [2.05, 4.69) is 9.97 Å². The van der Waals surface area contributed by atoms with Crippen molar-refractivity contribution in [3.05, 3.63) is 39.6 Å². The fourth-order valence-electron chi connectivity index (χ4n) is 1.09. The summed E-state index contributed by atoms with van der Waals surface area (Å²) in [4.78, 5) is 7.78. The van der Waals surface area contributed by atoms with Crippen LogP contribution in [0.3, 0.4) is 0 Å². The van der Waals surface area contributed by atoms with Gasteiger partial charge >= 0.3 is 0 Å². The molecule has 0 amide bonds. The van der Waals surface area contributed by atoms with Gasteiger partial charge in [0.15, 0.2) is 0 Å². The molecular formula is C10H6Cl3N3O. The van der Waals surface area contributed by atoms with E-state index >= 15 is 0 Å². The third-order valence-electron chi connectivity index (χ3n) is 1.82. The molecule has 7 heteroatoms. The molecule has 0 aliphatic heterocycles. The Balaban J connectivity index is 2.33. The molecule has 2 N–H and O–H groups in total. The number of hydrogen-bond acceptors (Lipinski definition) is 4. The van der Waals surface area contributed by atoms with E-state index in [0.29, 0.717) is 10.8 Å². The minimum atomic E-state index is 0.140. The van der Waals surface area contributed by atoms with Gasteiger partial charge in [0.1, 0.15) is 16.6 Å². The van der Waals surface area contributed by atoms with Crippen molar-refractivity contribution in [1.29, 1.82) is 0 Å². The minimum absolute atomic E-state index is 0.140. The van der Waals surface area contributed by atoms with E-state index in [1.165, 1.54) is 18.5 Å². The highest BCUT2D eigenvalue weighted by atomic mass is 35.5. The van der Waals surface area contributed by atoms with Gasteiger partial charge in [0, 0.05) is 12.3 Å². The number of anilines is 1. The van der Waals surface area contributed by atoms with Gasteiger partial charge in [-0.3, -0.25) is 4.98 Å². The SMILES string of the molecule is Nc1nc(Oc2cncc(Cl)c2)c(Cl)cc1Cl. The Kier molecular flexibility index (Phi) is 3.57. The summed E-state index contributed by atoms with van der Waals surface area (Å²) in [5.41, 5.74) is 5.55. The van der Waals surface area contributed by atoms with Crippen molar-refractivity contribution in [2.45, 2.75) is 0 Å². The Morgan fingerprint density at radius 3 is 2.53 bits per heavy atom. The summed E-state index contributed by atoms with van der Waals surface area (Å²) in [5.74, 6) is 0.701. The fourth-order valence-corrected chi connectivity index (χ4v) is 1.66. The number of aromatic nitrogens is 2. The third kappa shape index (κ3) is 2.91. The van der Waals surface area contributed by atoms with Crippen molar-refractivity contribution in [3.8, 4) is 11.6 Å². The predicted molar refractivity (Wildman–Crippen MR) is 68.0 cm³/mol. The molecular weight excluding hydrogens is 284 g/mol. The lowest BCUT2D eigenvalue weighted by atomic mass is 10.4. The topological polar surface area (TPSA) is 61.0 Å². The van der Waals surface area contributed by atoms with Crippen molar-refractivity contribution in [1.82, 2.24) is 9.97 Å². The Labute approximate surface area is 112 Å². The highest BCUT2D eigenvalue weighted by Gasteiger charge is 2.09. The normalized spacial score (nSPS) is 10.3. The van der Waals surface area contributed by atoms with E-state index in [-0.39, 0.29) is 21.7 Å². The van der Waals surface area contributed by atoms with Crippen LogP contribution in [0.1, 0.15) is 0 Å². The van der Waals surface area contributed by atoms with Crippen molar-refractivity contribution in [3.63, 3.8) is 0 Å². The molecule has 0 aliphatic rings. The molecule has 2 aromatic heterocycles. The van der Waals surface area contributed by atoms with Crippen LogP contribution in [-0.4, -0.2) is 9.97 Å². The zero-order chi connectivity index (χ0) is 12.4. The van der Waals surface area contributed by atoms with Crippen LogP contribution in [0.5, 0.6) is 11.6 Å². The van der Waals surface area contributed by atoms with Crippen LogP contribution in [-0.2, 0) is 0 Å². The van der Waals surface area contributed by atoms with Crippen LogP contribution < -0.4 is 10.5 Å². The molecule has 0 unspecified atom stereocenters. The zero-order valence-electron chi connectivity index (χ0n) is 8.32. The summed E-state index contributed by atoms with van der Waals surface area (Å²) in [5, 5.41) is 0.969. The Morgan fingerprint density at radius 2 is 1.82 bits per heavy atom. The maximum absolute atomic E-state index is 5.91. The maximum Gasteiger partial charge on any atom is 0.240 e. The Bertz CT molecular complexity index is 562. The van der Waals surface area contributed by atoms with Gasteiger partial charge in [0.05, 0.1) is 16.2 Å². The van der Waals surface area contributed by atoms with Gasteiger partial charge in [-0.2, -0.15) is 4.98 Å². The lowest BCUT2D eigenvalue weighted by Gasteiger charge is -2.07.